The number of carbonyl (C=O) groups excluding carboxylic acids is 1. The summed E-state index contributed by atoms with van der Waals surface area (Å²) >= 11 is 1.59. The average molecular weight is 350 g/mol. The first-order chi connectivity index (χ1) is 12.3. The Kier molecular flexibility index (Phi) is 4.22. The van der Waals surface area contributed by atoms with Gasteiger partial charge in [0.05, 0.1) is 23.5 Å². The van der Waals surface area contributed by atoms with Crippen molar-refractivity contribution in [1.29, 1.82) is 0 Å². The van der Waals surface area contributed by atoms with Gasteiger partial charge in [0.15, 0.2) is 5.58 Å². The van der Waals surface area contributed by atoms with E-state index in [-0.39, 0.29) is 12.3 Å². The van der Waals surface area contributed by atoms with Gasteiger partial charge in [-0.2, -0.15) is 0 Å². The normalized spacial score (nSPS) is 10.9. The second-order valence-electron chi connectivity index (χ2n) is 5.41. The van der Waals surface area contributed by atoms with Crippen LogP contribution in [-0.2, 0) is 17.8 Å². The molecular formula is C18H14N4O2S. The fourth-order valence-corrected chi connectivity index (χ4v) is 3.32. The van der Waals surface area contributed by atoms with E-state index in [2.05, 4.69) is 20.4 Å². The van der Waals surface area contributed by atoms with Gasteiger partial charge < -0.3 is 9.84 Å². The van der Waals surface area contributed by atoms with Crippen LogP contribution in [0.25, 0.3) is 21.5 Å². The number of carbonyl (C=O) groups is 1. The minimum absolute atomic E-state index is 0.137. The van der Waals surface area contributed by atoms with Crippen molar-refractivity contribution in [1.82, 2.24) is 20.4 Å². The molecule has 7 heteroatoms. The van der Waals surface area contributed by atoms with E-state index < -0.39 is 0 Å². The highest BCUT2D eigenvalue weighted by Crippen LogP contribution is 2.24. The molecule has 6 nitrogen and oxygen atoms in total. The van der Waals surface area contributed by atoms with Gasteiger partial charge in [-0.3, -0.25) is 14.8 Å². The molecule has 0 spiro atoms. The van der Waals surface area contributed by atoms with Gasteiger partial charge >= 0.3 is 0 Å². The first-order valence-corrected chi connectivity index (χ1v) is 8.63. The van der Waals surface area contributed by atoms with Crippen molar-refractivity contribution in [3.63, 3.8) is 0 Å². The molecule has 0 saturated heterocycles. The van der Waals surface area contributed by atoms with E-state index in [4.69, 9.17) is 4.52 Å². The number of hydrogen-bond donors (Lipinski definition) is 1. The maximum Gasteiger partial charge on any atom is 0.226 e. The molecule has 0 saturated carbocycles. The van der Waals surface area contributed by atoms with Crippen LogP contribution in [0.15, 0.2) is 58.7 Å². The van der Waals surface area contributed by atoms with Crippen LogP contribution in [0.3, 0.4) is 0 Å². The molecule has 3 aromatic heterocycles. The summed E-state index contributed by atoms with van der Waals surface area (Å²) in [6.07, 6.45) is 3.44. The standard InChI is InChI=1S/C18H14N4O2S/c23-17(10-13-12-4-1-2-5-15(12)24-22-13)21-11-14-18(20-8-7-19-14)16-6-3-9-25-16/h1-9H,10-11H2,(H,21,23). The molecule has 3 heterocycles. The highest BCUT2D eigenvalue weighted by Gasteiger charge is 2.14. The van der Waals surface area contributed by atoms with Crippen molar-refractivity contribution in [2.24, 2.45) is 0 Å². The topological polar surface area (TPSA) is 80.9 Å². The third kappa shape index (κ3) is 3.27. The Morgan fingerprint density at radius 3 is 2.84 bits per heavy atom. The maximum atomic E-state index is 12.3. The largest absolute Gasteiger partial charge is 0.356 e. The summed E-state index contributed by atoms with van der Waals surface area (Å²) < 4.78 is 5.23. The Hall–Kier alpha value is -3.06. The Bertz CT molecular complexity index is 1010. The molecule has 0 unspecified atom stereocenters. The third-order valence-electron chi connectivity index (χ3n) is 3.76. The lowest BCUT2D eigenvalue weighted by Crippen LogP contribution is -2.25. The molecule has 0 aliphatic rings. The van der Waals surface area contributed by atoms with Crippen molar-refractivity contribution in [3.8, 4) is 10.6 Å². The van der Waals surface area contributed by atoms with Crippen molar-refractivity contribution in [2.75, 3.05) is 0 Å². The molecule has 1 amide bonds. The molecule has 0 aliphatic carbocycles. The SMILES string of the molecule is O=C(Cc1noc2ccccc12)NCc1nccnc1-c1cccs1. The number of fused-ring (bicyclic) bond motifs is 1. The van der Waals surface area contributed by atoms with Crippen molar-refractivity contribution >= 4 is 28.2 Å². The predicted molar refractivity (Wildman–Crippen MR) is 94.9 cm³/mol. The smallest absolute Gasteiger partial charge is 0.226 e. The van der Waals surface area contributed by atoms with Crippen LogP contribution in [0.1, 0.15) is 11.4 Å². The summed E-state index contributed by atoms with van der Waals surface area (Å²) in [7, 11) is 0. The van der Waals surface area contributed by atoms with Gasteiger partial charge in [0.1, 0.15) is 11.4 Å². The van der Waals surface area contributed by atoms with Crippen molar-refractivity contribution < 1.29 is 9.32 Å². The van der Waals surface area contributed by atoms with Gasteiger partial charge in [-0.1, -0.05) is 23.4 Å². The molecule has 0 aliphatic heterocycles. The number of amides is 1. The van der Waals surface area contributed by atoms with Crippen LogP contribution >= 0.6 is 11.3 Å². The van der Waals surface area contributed by atoms with Gasteiger partial charge in [0.2, 0.25) is 5.91 Å². The molecule has 4 rings (SSSR count). The Labute approximate surface area is 147 Å². The van der Waals surface area contributed by atoms with Gasteiger partial charge in [-0.15, -0.1) is 11.3 Å². The number of aromatic nitrogens is 3. The van der Waals surface area contributed by atoms with E-state index in [1.165, 1.54) is 0 Å². The van der Waals surface area contributed by atoms with Crippen LogP contribution < -0.4 is 5.32 Å². The highest BCUT2D eigenvalue weighted by atomic mass is 32.1. The first kappa shape index (κ1) is 15.5. The zero-order chi connectivity index (χ0) is 17.1. The number of nitrogens with one attached hydrogen (secondary N) is 1. The average Bonchev–Trinajstić information content (AvgIpc) is 3.31. The summed E-state index contributed by atoms with van der Waals surface area (Å²) in [4.78, 5) is 22.0. The quantitative estimate of drug-likeness (QED) is 0.598. The Balaban J connectivity index is 1.46. The molecule has 0 atom stereocenters. The monoisotopic (exact) mass is 350 g/mol. The summed E-state index contributed by atoms with van der Waals surface area (Å²) in [5, 5.41) is 9.72. The third-order valence-corrected chi connectivity index (χ3v) is 4.64. The molecule has 0 radical (unpaired) electrons. The van der Waals surface area contributed by atoms with Crippen LogP contribution in [0.2, 0.25) is 0 Å². The Morgan fingerprint density at radius 2 is 1.96 bits per heavy atom. The van der Waals surface area contributed by atoms with Crippen molar-refractivity contribution in [3.05, 3.63) is 65.6 Å². The second-order valence-corrected chi connectivity index (χ2v) is 6.36. The van der Waals surface area contributed by atoms with E-state index in [0.717, 1.165) is 21.7 Å². The minimum atomic E-state index is -0.137. The maximum absolute atomic E-state index is 12.3. The lowest BCUT2D eigenvalue weighted by molar-refractivity contribution is -0.120. The number of rotatable bonds is 5. The molecular weight excluding hydrogens is 336 g/mol. The number of para-hydroxylation sites is 1. The number of nitrogens with zero attached hydrogens (tertiary/aromatic N) is 3. The van der Waals surface area contributed by atoms with Crippen LogP contribution in [0.4, 0.5) is 0 Å². The minimum Gasteiger partial charge on any atom is -0.356 e. The van der Waals surface area contributed by atoms with Crippen LogP contribution in [-0.4, -0.2) is 21.0 Å². The molecule has 0 fully saturated rings. The number of hydrogen-bond acceptors (Lipinski definition) is 6. The van der Waals surface area contributed by atoms with Crippen LogP contribution in [0.5, 0.6) is 0 Å². The van der Waals surface area contributed by atoms with Gasteiger partial charge in [0.25, 0.3) is 0 Å². The highest BCUT2D eigenvalue weighted by molar-refractivity contribution is 7.13. The number of thiophene rings is 1. The Morgan fingerprint density at radius 1 is 1.08 bits per heavy atom. The van der Waals surface area contributed by atoms with E-state index in [9.17, 15) is 4.79 Å². The molecule has 1 aromatic carbocycles. The summed E-state index contributed by atoms with van der Waals surface area (Å²) in [6, 6.07) is 11.4. The zero-order valence-electron chi connectivity index (χ0n) is 13.2. The molecule has 4 aromatic rings. The van der Waals surface area contributed by atoms with E-state index in [1.807, 2.05) is 41.8 Å². The lowest BCUT2D eigenvalue weighted by Gasteiger charge is -2.07. The van der Waals surface area contributed by atoms with Crippen LogP contribution in [0, 0.1) is 0 Å². The fraction of sp³-hybridized carbons (Fsp3) is 0.111. The summed E-state index contributed by atoms with van der Waals surface area (Å²) in [5.41, 5.74) is 2.85. The first-order valence-electron chi connectivity index (χ1n) is 7.75. The molecule has 0 bridgehead atoms. The lowest BCUT2D eigenvalue weighted by atomic mass is 10.1. The fourth-order valence-electron chi connectivity index (χ4n) is 2.58. The van der Waals surface area contributed by atoms with Gasteiger partial charge in [-0.25, -0.2) is 0 Å². The van der Waals surface area contributed by atoms with Gasteiger partial charge in [0, 0.05) is 17.8 Å². The molecule has 1 N–H and O–H groups in total. The number of benzene rings is 1. The van der Waals surface area contributed by atoms with Gasteiger partial charge in [-0.05, 0) is 23.6 Å². The second kappa shape index (κ2) is 6.82. The van der Waals surface area contributed by atoms with Crippen molar-refractivity contribution in [2.45, 2.75) is 13.0 Å². The van der Waals surface area contributed by atoms with E-state index >= 15 is 0 Å². The molecule has 25 heavy (non-hydrogen) atoms. The predicted octanol–water partition coefficient (Wildman–Crippen LogP) is 3.21. The summed E-state index contributed by atoms with van der Waals surface area (Å²) in [6.45, 7) is 0.315. The molecule has 124 valence electrons. The summed E-state index contributed by atoms with van der Waals surface area (Å²) in [5.74, 6) is -0.137. The zero-order valence-corrected chi connectivity index (χ0v) is 14.0. The van der Waals surface area contributed by atoms with E-state index in [0.29, 0.717) is 17.8 Å². The van der Waals surface area contributed by atoms with E-state index in [1.54, 1.807) is 23.7 Å².